The molecule has 0 spiro atoms. The molecule has 0 bridgehead atoms. The van der Waals surface area contributed by atoms with Gasteiger partial charge in [-0.15, -0.1) is 0 Å². The Bertz CT molecular complexity index is 552. The summed E-state index contributed by atoms with van der Waals surface area (Å²) in [5, 5.41) is 8.45. The predicted molar refractivity (Wildman–Crippen MR) is 87.1 cm³/mol. The molecule has 0 amide bonds. The van der Waals surface area contributed by atoms with Gasteiger partial charge in [0.2, 0.25) is 0 Å². The summed E-state index contributed by atoms with van der Waals surface area (Å²) in [6, 6.07) is 7.34. The van der Waals surface area contributed by atoms with Gasteiger partial charge in [0.25, 0.3) is 5.97 Å². The summed E-state index contributed by atoms with van der Waals surface area (Å²) >= 11 is 0. The second-order valence-electron chi connectivity index (χ2n) is 5.52. The van der Waals surface area contributed by atoms with Crippen molar-refractivity contribution in [3.8, 4) is 0 Å². The third-order valence-corrected chi connectivity index (χ3v) is 4.42. The number of nitrogens with one attached hydrogen (secondary N) is 1. The normalized spacial score (nSPS) is 15.9. The van der Waals surface area contributed by atoms with E-state index >= 15 is 0 Å². The van der Waals surface area contributed by atoms with Crippen molar-refractivity contribution in [3.05, 3.63) is 63.9 Å². The van der Waals surface area contributed by atoms with Crippen LogP contribution in [0.1, 0.15) is 46.2 Å². The van der Waals surface area contributed by atoms with Gasteiger partial charge in [0, 0.05) is 20.1 Å². The number of aliphatic carboxylic acids is 1. The first-order valence-electron chi connectivity index (χ1n) is 7.11. The topological polar surface area (TPSA) is 61.1 Å². The number of allylic oxidation sites excluding steroid dienone is 4. The molecule has 0 fully saturated rings. The zero-order valence-electron chi connectivity index (χ0n) is 13.7. The van der Waals surface area contributed by atoms with E-state index in [1.807, 2.05) is 0 Å². The molecule has 2 rings (SSSR count). The zero-order valence-corrected chi connectivity index (χ0v) is 16.1. The predicted octanol–water partition coefficient (Wildman–Crippen LogP) is 5.17. The van der Waals surface area contributed by atoms with E-state index in [1.54, 1.807) is 41.5 Å². The summed E-state index contributed by atoms with van der Waals surface area (Å²) in [5.74, 6) is -0.420. The van der Waals surface area contributed by atoms with Gasteiger partial charge in [-0.05, 0) is 50.8 Å². The summed E-state index contributed by atoms with van der Waals surface area (Å²) in [4.78, 5) is 10.3. The number of hydrogen-bond acceptors (Lipinski definition) is 1. The Morgan fingerprint density at radius 1 is 1.05 bits per heavy atom. The van der Waals surface area contributed by atoms with E-state index in [-0.39, 0.29) is 20.1 Å². The fourth-order valence-electron chi connectivity index (χ4n) is 2.35. The number of carbonyl (C=O) groups is 1. The van der Waals surface area contributed by atoms with Gasteiger partial charge in [0.15, 0.2) is 0 Å². The molecule has 0 aliphatic heterocycles. The van der Waals surface area contributed by atoms with Gasteiger partial charge in [-0.1, -0.05) is 54.0 Å². The first-order chi connectivity index (χ1) is 9.77. The third kappa shape index (κ3) is 4.91. The Labute approximate surface area is 146 Å². The quantitative estimate of drug-likeness (QED) is 0.637. The molecule has 1 aliphatic carbocycles. The Morgan fingerprint density at radius 2 is 1.45 bits per heavy atom. The van der Waals surface area contributed by atoms with Crippen molar-refractivity contribution in [2.45, 2.75) is 40.7 Å². The van der Waals surface area contributed by atoms with E-state index in [0.29, 0.717) is 11.5 Å². The van der Waals surface area contributed by atoms with E-state index in [1.165, 1.54) is 11.1 Å². The average molecular weight is 479 g/mol. The minimum absolute atomic E-state index is 0. The van der Waals surface area contributed by atoms with Crippen LogP contribution >= 0.6 is 0 Å². The van der Waals surface area contributed by atoms with E-state index in [2.05, 4.69) is 34.6 Å². The maximum Gasteiger partial charge on any atom is 0.289 e. The second kappa shape index (κ2) is 9.04. The minimum Gasteiger partial charge on any atom is -0.661 e. The van der Waals surface area contributed by atoms with Crippen LogP contribution in [0.3, 0.4) is 0 Å². The number of carboxylic acid groups (broad SMARTS) is 1. The fourth-order valence-corrected chi connectivity index (χ4v) is 2.35. The Hall–Kier alpha value is -1.22. The van der Waals surface area contributed by atoms with Crippen LogP contribution < -0.4 is 0 Å². The van der Waals surface area contributed by atoms with Crippen molar-refractivity contribution in [3.63, 3.8) is 0 Å². The van der Waals surface area contributed by atoms with Crippen molar-refractivity contribution < 1.29 is 30.0 Å². The van der Waals surface area contributed by atoms with Gasteiger partial charge in [-0.3, -0.25) is 4.79 Å². The maximum absolute atomic E-state index is 10.3. The van der Waals surface area contributed by atoms with Gasteiger partial charge in [0.05, 0.1) is 0 Å². The maximum atomic E-state index is 10.3. The molecule has 0 saturated carbocycles. The summed E-state index contributed by atoms with van der Waals surface area (Å²) in [5.41, 5.74) is 13.8. The van der Waals surface area contributed by atoms with Crippen LogP contribution in [-0.4, -0.2) is 11.1 Å². The minimum atomic E-state index is -1.16. The van der Waals surface area contributed by atoms with Gasteiger partial charge in [-0.2, -0.15) is 0 Å². The molecule has 0 aromatic heterocycles. The van der Waals surface area contributed by atoms with Gasteiger partial charge in [0.1, 0.15) is 0 Å². The SMILES string of the molecule is CC1=C(C)C(C)C(C)=C1C.[Ir].[NH-][C@H](C(=O)O)c1ccccc1. The molecule has 0 saturated heterocycles. The third-order valence-electron chi connectivity index (χ3n) is 4.42. The van der Waals surface area contributed by atoms with E-state index in [0.717, 1.165) is 0 Å². The Morgan fingerprint density at radius 3 is 1.73 bits per heavy atom. The number of carboxylic acids is 1. The second-order valence-corrected chi connectivity index (χ2v) is 5.52. The first-order valence-corrected chi connectivity index (χ1v) is 7.11. The molecular weight excluding hydrogens is 454 g/mol. The van der Waals surface area contributed by atoms with Gasteiger partial charge < -0.3 is 10.8 Å². The summed E-state index contributed by atoms with van der Waals surface area (Å²) in [7, 11) is 0. The van der Waals surface area contributed by atoms with Crippen molar-refractivity contribution >= 4 is 5.97 Å². The smallest absolute Gasteiger partial charge is 0.289 e. The van der Waals surface area contributed by atoms with Gasteiger partial charge in [-0.25, -0.2) is 0 Å². The van der Waals surface area contributed by atoms with Crippen LogP contribution in [0.2, 0.25) is 0 Å². The van der Waals surface area contributed by atoms with Crippen LogP contribution in [0.5, 0.6) is 0 Å². The molecule has 2 N–H and O–H groups in total. The molecule has 3 nitrogen and oxygen atoms in total. The largest absolute Gasteiger partial charge is 0.661 e. The molecule has 0 unspecified atom stereocenters. The monoisotopic (exact) mass is 479 g/mol. The molecule has 123 valence electrons. The standard InChI is InChI=1S/C10H16.C8H8NO2.Ir/c1-6-7(2)9(4)10(5)8(6)3;9-7(8(10)11)6-4-2-1-3-5-6;/h6H,1-5H3;1-5,7,9H,(H,10,11);/q;-1;/t;7-;/m.0./s1. The Balaban J connectivity index is 0.000000385. The van der Waals surface area contributed by atoms with Crippen LogP contribution in [0, 0.1) is 5.92 Å². The molecule has 1 aliphatic rings. The number of hydrogen-bond donors (Lipinski definition) is 1. The van der Waals surface area contributed by atoms with Gasteiger partial charge >= 0.3 is 0 Å². The molecule has 4 heteroatoms. The van der Waals surface area contributed by atoms with E-state index in [9.17, 15) is 4.79 Å². The Kier molecular flexibility index (Phi) is 8.54. The summed E-state index contributed by atoms with van der Waals surface area (Å²) in [6.45, 7) is 11.2. The molecule has 22 heavy (non-hydrogen) atoms. The van der Waals surface area contributed by atoms with Crippen LogP contribution in [-0.2, 0) is 24.9 Å². The summed E-state index contributed by atoms with van der Waals surface area (Å²) < 4.78 is 0. The molecule has 0 heterocycles. The molecular formula is C18H24IrNO2-. The van der Waals surface area contributed by atoms with Crippen molar-refractivity contribution in [2.24, 2.45) is 5.92 Å². The van der Waals surface area contributed by atoms with E-state index < -0.39 is 12.0 Å². The fraction of sp³-hybridized carbons (Fsp3) is 0.389. The van der Waals surface area contributed by atoms with Crippen LogP contribution in [0.15, 0.2) is 52.6 Å². The van der Waals surface area contributed by atoms with Crippen molar-refractivity contribution in [1.29, 1.82) is 0 Å². The molecule has 1 aromatic carbocycles. The van der Waals surface area contributed by atoms with Crippen molar-refractivity contribution in [2.75, 3.05) is 0 Å². The van der Waals surface area contributed by atoms with Crippen molar-refractivity contribution in [1.82, 2.24) is 0 Å². The average Bonchev–Trinajstić information content (AvgIpc) is 2.66. The number of rotatable bonds is 2. The first kappa shape index (κ1) is 20.8. The summed E-state index contributed by atoms with van der Waals surface area (Å²) in [6.07, 6.45) is 0. The molecule has 1 aromatic rings. The molecule has 1 radical (unpaired) electrons. The van der Waals surface area contributed by atoms with Crippen LogP contribution in [0.4, 0.5) is 0 Å². The van der Waals surface area contributed by atoms with E-state index in [4.69, 9.17) is 10.8 Å². The van der Waals surface area contributed by atoms with Crippen LogP contribution in [0.25, 0.3) is 5.73 Å². The number of benzene rings is 1. The molecule has 1 atom stereocenters. The zero-order chi connectivity index (χ0) is 16.2.